The van der Waals surface area contributed by atoms with E-state index in [0.717, 1.165) is 41.0 Å². The van der Waals surface area contributed by atoms with Gasteiger partial charge in [-0.25, -0.2) is 9.50 Å². The lowest BCUT2D eigenvalue weighted by Crippen LogP contribution is -2.26. The molecule has 0 aliphatic heterocycles. The summed E-state index contributed by atoms with van der Waals surface area (Å²) in [5.41, 5.74) is 7.87. The summed E-state index contributed by atoms with van der Waals surface area (Å²) in [6.07, 6.45) is 9.82. The van der Waals surface area contributed by atoms with Crippen molar-refractivity contribution in [2.75, 3.05) is 6.54 Å². The number of hydrogen-bond acceptors (Lipinski definition) is 3. The van der Waals surface area contributed by atoms with Crippen molar-refractivity contribution < 1.29 is 4.79 Å². The SMILES string of the molecule is Cc1cccc(-c2c(C)nn3c(C)c(C(=O)NCCC4=CCCCC4)cnc23)c1. The first-order chi connectivity index (χ1) is 14.0. The predicted molar refractivity (Wildman–Crippen MR) is 116 cm³/mol. The first-order valence-electron chi connectivity index (χ1n) is 10.4. The molecule has 4 rings (SSSR count). The number of amides is 1. The van der Waals surface area contributed by atoms with Crippen LogP contribution in [0.25, 0.3) is 16.8 Å². The number of carbonyl (C=O) groups excluding carboxylic acids is 1. The van der Waals surface area contributed by atoms with Crippen molar-refractivity contribution in [3.63, 3.8) is 0 Å². The Morgan fingerprint density at radius 1 is 1.21 bits per heavy atom. The van der Waals surface area contributed by atoms with Gasteiger partial charge in [-0.3, -0.25) is 4.79 Å². The molecule has 5 heteroatoms. The minimum Gasteiger partial charge on any atom is -0.352 e. The summed E-state index contributed by atoms with van der Waals surface area (Å²) >= 11 is 0. The normalized spacial score (nSPS) is 14.1. The third-order valence-corrected chi connectivity index (χ3v) is 5.73. The number of fused-ring (bicyclic) bond motifs is 1. The van der Waals surface area contributed by atoms with Gasteiger partial charge in [-0.15, -0.1) is 0 Å². The smallest absolute Gasteiger partial charge is 0.254 e. The first kappa shape index (κ1) is 19.4. The average molecular weight is 389 g/mol. The number of aromatic nitrogens is 3. The third kappa shape index (κ3) is 3.95. The summed E-state index contributed by atoms with van der Waals surface area (Å²) in [5.74, 6) is -0.0847. The van der Waals surface area contributed by atoms with Crippen LogP contribution >= 0.6 is 0 Å². The van der Waals surface area contributed by atoms with Crippen LogP contribution in [-0.2, 0) is 0 Å². The number of nitrogens with one attached hydrogen (secondary N) is 1. The molecule has 0 fully saturated rings. The number of allylic oxidation sites excluding steroid dienone is 1. The van der Waals surface area contributed by atoms with Gasteiger partial charge in [0.2, 0.25) is 0 Å². The van der Waals surface area contributed by atoms with Crippen molar-refractivity contribution in [1.29, 1.82) is 0 Å². The van der Waals surface area contributed by atoms with E-state index in [9.17, 15) is 4.79 Å². The largest absolute Gasteiger partial charge is 0.352 e. The van der Waals surface area contributed by atoms with Crippen LogP contribution in [0.4, 0.5) is 0 Å². The molecule has 2 heterocycles. The van der Waals surface area contributed by atoms with Gasteiger partial charge < -0.3 is 5.32 Å². The summed E-state index contributed by atoms with van der Waals surface area (Å²) in [6.45, 7) is 6.66. The quantitative estimate of drug-likeness (QED) is 0.630. The second kappa shape index (κ2) is 8.19. The van der Waals surface area contributed by atoms with Gasteiger partial charge in [-0.1, -0.05) is 41.5 Å². The molecule has 1 aromatic carbocycles. The number of benzene rings is 1. The van der Waals surface area contributed by atoms with Gasteiger partial charge in [0.05, 0.1) is 17.0 Å². The van der Waals surface area contributed by atoms with Gasteiger partial charge >= 0.3 is 0 Å². The fourth-order valence-corrected chi connectivity index (χ4v) is 4.13. The monoisotopic (exact) mass is 388 g/mol. The minimum atomic E-state index is -0.0847. The Balaban J connectivity index is 1.58. The molecular formula is C24H28N4O. The maximum Gasteiger partial charge on any atom is 0.254 e. The molecule has 150 valence electrons. The molecule has 1 N–H and O–H groups in total. The summed E-state index contributed by atoms with van der Waals surface area (Å²) in [4.78, 5) is 17.4. The highest BCUT2D eigenvalue weighted by molar-refractivity contribution is 5.95. The Labute approximate surface area is 171 Å². The fourth-order valence-electron chi connectivity index (χ4n) is 4.13. The standard InChI is InChI=1S/C24H28N4O/c1-16-8-7-11-20(14-16)22-17(2)27-28-18(3)21(15-26-23(22)28)24(29)25-13-12-19-9-5-4-6-10-19/h7-9,11,14-15H,4-6,10,12-13H2,1-3H3,(H,25,29). The number of carbonyl (C=O) groups is 1. The van der Waals surface area contributed by atoms with E-state index < -0.39 is 0 Å². The predicted octanol–water partition coefficient (Wildman–Crippen LogP) is 4.94. The van der Waals surface area contributed by atoms with Crippen molar-refractivity contribution in [3.05, 3.63) is 64.6 Å². The van der Waals surface area contributed by atoms with Gasteiger partial charge in [-0.2, -0.15) is 5.10 Å². The lowest BCUT2D eigenvalue weighted by molar-refractivity contribution is 0.0952. The molecule has 0 radical (unpaired) electrons. The summed E-state index contributed by atoms with van der Waals surface area (Å²) in [6, 6.07) is 8.34. The number of rotatable bonds is 5. The molecule has 1 aliphatic carbocycles. The molecule has 1 amide bonds. The molecule has 3 aromatic rings. The molecule has 2 aromatic heterocycles. The van der Waals surface area contributed by atoms with Crippen LogP contribution in [0.5, 0.6) is 0 Å². The Hall–Kier alpha value is -2.95. The molecule has 5 nitrogen and oxygen atoms in total. The van der Waals surface area contributed by atoms with Gasteiger partial charge in [0.25, 0.3) is 5.91 Å². The topological polar surface area (TPSA) is 59.3 Å². The second-order valence-electron chi connectivity index (χ2n) is 7.94. The van der Waals surface area contributed by atoms with Crippen molar-refractivity contribution >= 4 is 11.6 Å². The lowest BCUT2D eigenvalue weighted by atomic mass is 9.97. The average Bonchev–Trinajstić information content (AvgIpc) is 3.06. The van der Waals surface area contributed by atoms with Crippen LogP contribution in [0.15, 0.2) is 42.1 Å². The van der Waals surface area contributed by atoms with Crippen LogP contribution < -0.4 is 5.32 Å². The van der Waals surface area contributed by atoms with Crippen molar-refractivity contribution in [1.82, 2.24) is 19.9 Å². The van der Waals surface area contributed by atoms with Crippen LogP contribution in [0.1, 0.15) is 59.4 Å². The minimum absolute atomic E-state index is 0.0847. The maximum absolute atomic E-state index is 12.7. The Kier molecular flexibility index (Phi) is 5.47. The number of nitrogens with zero attached hydrogens (tertiary/aromatic N) is 3. The van der Waals surface area contributed by atoms with E-state index in [-0.39, 0.29) is 5.91 Å². The highest BCUT2D eigenvalue weighted by Gasteiger charge is 2.18. The highest BCUT2D eigenvalue weighted by Crippen LogP contribution is 2.28. The zero-order chi connectivity index (χ0) is 20.4. The van der Waals surface area contributed by atoms with Crippen molar-refractivity contribution in [2.24, 2.45) is 0 Å². The molecule has 0 unspecified atom stereocenters. The van der Waals surface area contributed by atoms with Gasteiger partial charge in [0.15, 0.2) is 5.65 Å². The van der Waals surface area contributed by atoms with E-state index in [2.05, 4.69) is 46.6 Å². The highest BCUT2D eigenvalue weighted by atomic mass is 16.1. The molecule has 29 heavy (non-hydrogen) atoms. The molecule has 0 atom stereocenters. The molecule has 0 bridgehead atoms. The van der Waals surface area contributed by atoms with Crippen LogP contribution in [0, 0.1) is 20.8 Å². The molecule has 0 spiro atoms. The van der Waals surface area contributed by atoms with Crippen LogP contribution in [0.2, 0.25) is 0 Å². The van der Waals surface area contributed by atoms with Crippen LogP contribution in [-0.4, -0.2) is 27.0 Å². The van der Waals surface area contributed by atoms with Gasteiger partial charge in [0.1, 0.15) is 0 Å². The van der Waals surface area contributed by atoms with E-state index in [0.29, 0.717) is 12.1 Å². The first-order valence-corrected chi connectivity index (χ1v) is 10.4. The van der Waals surface area contributed by atoms with E-state index >= 15 is 0 Å². The van der Waals surface area contributed by atoms with Crippen molar-refractivity contribution in [2.45, 2.75) is 52.9 Å². The van der Waals surface area contributed by atoms with E-state index in [1.165, 1.54) is 30.4 Å². The molecule has 0 saturated heterocycles. The van der Waals surface area contributed by atoms with E-state index in [4.69, 9.17) is 0 Å². The molecule has 0 saturated carbocycles. The zero-order valence-corrected chi connectivity index (χ0v) is 17.5. The Morgan fingerprint density at radius 3 is 2.83 bits per heavy atom. The van der Waals surface area contributed by atoms with Crippen LogP contribution in [0.3, 0.4) is 0 Å². The number of hydrogen-bond donors (Lipinski definition) is 1. The summed E-state index contributed by atoms with van der Waals surface area (Å²) in [7, 11) is 0. The zero-order valence-electron chi connectivity index (χ0n) is 17.5. The van der Waals surface area contributed by atoms with E-state index in [1.54, 1.807) is 10.7 Å². The Morgan fingerprint density at radius 2 is 2.07 bits per heavy atom. The second-order valence-corrected chi connectivity index (χ2v) is 7.94. The molecule has 1 aliphatic rings. The van der Waals surface area contributed by atoms with Crippen molar-refractivity contribution in [3.8, 4) is 11.1 Å². The lowest BCUT2D eigenvalue weighted by Gasteiger charge is -2.13. The van der Waals surface area contributed by atoms with Gasteiger partial charge in [0, 0.05) is 18.3 Å². The fraction of sp³-hybridized carbons (Fsp3) is 0.375. The third-order valence-electron chi connectivity index (χ3n) is 5.73. The molecular weight excluding hydrogens is 360 g/mol. The summed E-state index contributed by atoms with van der Waals surface area (Å²) < 4.78 is 1.80. The van der Waals surface area contributed by atoms with Gasteiger partial charge in [-0.05, 0) is 58.4 Å². The van der Waals surface area contributed by atoms with E-state index in [1.807, 2.05) is 19.9 Å². The Bertz CT molecular complexity index is 1090. The maximum atomic E-state index is 12.7. The summed E-state index contributed by atoms with van der Waals surface area (Å²) in [5, 5.41) is 7.73. The number of aryl methyl sites for hydroxylation is 3.